The van der Waals surface area contributed by atoms with Gasteiger partial charge in [0.2, 0.25) is 6.79 Å². The Morgan fingerprint density at radius 3 is 2.48 bits per heavy atom. The zero-order chi connectivity index (χ0) is 22.9. The monoisotopic (exact) mass is 454 g/mol. The molecule has 3 aliphatic heterocycles. The second kappa shape index (κ2) is 8.84. The molecule has 33 heavy (non-hydrogen) atoms. The Morgan fingerprint density at radius 1 is 1.00 bits per heavy atom. The van der Waals surface area contributed by atoms with Crippen molar-refractivity contribution in [1.29, 1.82) is 0 Å². The maximum absolute atomic E-state index is 13.6. The average Bonchev–Trinajstić information content (AvgIpc) is 3.41. The highest BCUT2D eigenvalue weighted by atomic mass is 19.1. The molecule has 2 fully saturated rings. The third-order valence-electron chi connectivity index (χ3n) is 6.13. The second-order valence-corrected chi connectivity index (χ2v) is 8.07. The van der Waals surface area contributed by atoms with E-state index in [2.05, 4.69) is 4.90 Å². The first kappa shape index (κ1) is 21.4. The minimum absolute atomic E-state index is 0.0348. The lowest BCUT2D eigenvalue weighted by atomic mass is 9.95. The lowest BCUT2D eigenvalue weighted by Crippen LogP contribution is -2.42. The van der Waals surface area contributed by atoms with E-state index in [1.165, 1.54) is 29.2 Å². The van der Waals surface area contributed by atoms with Crippen molar-refractivity contribution in [3.63, 3.8) is 0 Å². The molecule has 0 spiro atoms. The molecule has 8 nitrogen and oxygen atoms in total. The van der Waals surface area contributed by atoms with Crippen LogP contribution in [0.4, 0.5) is 4.39 Å². The molecule has 0 bridgehead atoms. The van der Waals surface area contributed by atoms with Crippen LogP contribution in [0.15, 0.2) is 48.0 Å². The van der Waals surface area contributed by atoms with Gasteiger partial charge in [0, 0.05) is 31.7 Å². The molecule has 0 aliphatic carbocycles. The molecular formula is C24H23FN2O6. The van der Waals surface area contributed by atoms with Crippen molar-refractivity contribution in [2.75, 3.05) is 46.2 Å². The first-order chi connectivity index (χ1) is 16.0. The number of benzene rings is 2. The Kier molecular flexibility index (Phi) is 5.74. The van der Waals surface area contributed by atoms with Gasteiger partial charge in [0.25, 0.3) is 11.7 Å². The highest BCUT2D eigenvalue weighted by Gasteiger charge is 2.46. The van der Waals surface area contributed by atoms with Gasteiger partial charge in [-0.25, -0.2) is 4.39 Å². The maximum atomic E-state index is 13.6. The third-order valence-corrected chi connectivity index (χ3v) is 6.13. The average molecular weight is 454 g/mol. The molecule has 1 atom stereocenters. The fourth-order valence-corrected chi connectivity index (χ4v) is 4.38. The van der Waals surface area contributed by atoms with Crippen LogP contribution in [0.5, 0.6) is 11.5 Å². The van der Waals surface area contributed by atoms with E-state index >= 15 is 0 Å². The number of carbonyl (C=O) groups is 2. The Balaban J connectivity index is 1.53. The van der Waals surface area contributed by atoms with Crippen LogP contribution in [-0.2, 0) is 14.3 Å². The van der Waals surface area contributed by atoms with Crippen LogP contribution in [0.2, 0.25) is 0 Å². The molecule has 9 heteroatoms. The smallest absolute Gasteiger partial charge is 0.295 e. The van der Waals surface area contributed by atoms with Gasteiger partial charge >= 0.3 is 0 Å². The summed E-state index contributed by atoms with van der Waals surface area (Å²) in [5, 5.41) is 11.1. The molecule has 172 valence electrons. The first-order valence-electron chi connectivity index (χ1n) is 10.8. The van der Waals surface area contributed by atoms with E-state index in [4.69, 9.17) is 14.2 Å². The molecule has 1 N–H and O–H groups in total. The molecule has 2 saturated heterocycles. The van der Waals surface area contributed by atoms with Crippen LogP contribution in [0.3, 0.4) is 0 Å². The molecule has 0 aromatic heterocycles. The number of morpholine rings is 1. The summed E-state index contributed by atoms with van der Waals surface area (Å²) in [5.74, 6) is -1.23. The van der Waals surface area contributed by atoms with Crippen molar-refractivity contribution >= 4 is 17.4 Å². The number of Topliss-reactive ketones (excluding diaryl/α,β-unsaturated/α-hetero) is 1. The molecule has 3 aliphatic rings. The number of hydrogen-bond acceptors (Lipinski definition) is 7. The van der Waals surface area contributed by atoms with Gasteiger partial charge in [0.1, 0.15) is 11.6 Å². The van der Waals surface area contributed by atoms with Crippen molar-refractivity contribution in [3.8, 4) is 11.5 Å². The molecule has 2 aromatic rings. The molecule has 3 heterocycles. The number of halogens is 1. The van der Waals surface area contributed by atoms with E-state index < -0.39 is 23.5 Å². The van der Waals surface area contributed by atoms with E-state index in [0.717, 1.165) is 13.1 Å². The molecule has 0 saturated carbocycles. The number of ketones is 1. The highest BCUT2D eigenvalue weighted by molar-refractivity contribution is 6.46. The summed E-state index contributed by atoms with van der Waals surface area (Å²) in [6, 6.07) is 9.58. The van der Waals surface area contributed by atoms with E-state index in [9.17, 15) is 19.1 Å². The van der Waals surface area contributed by atoms with Crippen molar-refractivity contribution in [2.24, 2.45) is 0 Å². The van der Waals surface area contributed by atoms with Crippen molar-refractivity contribution in [1.82, 2.24) is 9.80 Å². The summed E-state index contributed by atoms with van der Waals surface area (Å²) in [4.78, 5) is 29.7. The van der Waals surface area contributed by atoms with Gasteiger partial charge in [0.15, 0.2) is 11.5 Å². The summed E-state index contributed by atoms with van der Waals surface area (Å²) in [5.41, 5.74) is 0.838. The van der Waals surface area contributed by atoms with Crippen molar-refractivity contribution in [3.05, 3.63) is 65.0 Å². The van der Waals surface area contributed by atoms with Gasteiger partial charge in [-0.3, -0.25) is 14.5 Å². The summed E-state index contributed by atoms with van der Waals surface area (Å²) < 4.78 is 29.7. The molecule has 0 radical (unpaired) electrons. The molecular weight excluding hydrogens is 431 g/mol. The predicted octanol–water partition coefficient (Wildman–Crippen LogP) is 2.31. The number of aliphatic hydroxyl groups is 1. The van der Waals surface area contributed by atoms with Gasteiger partial charge < -0.3 is 24.2 Å². The number of nitrogens with zero attached hydrogens (tertiary/aromatic N) is 2. The number of ether oxygens (including phenoxy) is 3. The van der Waals surface area contributed by atoms with Crippen molar-refractivity contribution in [2.45, 2.75) is 6.04 Å². The van der Waals surface area contributed by atoms with Gasteiger partial charge in [-0.05, 0) is 35.9 Å². The first-order valence-corrected chi connectivity index (χ1v) is 10.8. The largest absolute Gasteiger partial charge is 0.507 e. The minimum atomic E-state index is -0.836. The highest BCUT2D eigenvalue weighted by Crippen LogP contribution is 2.41. The van der Waals surface area contributed by atoms with Crippen LogP contribution < -0.4 is 9.47 Å². The lowest BCUT2D eigenvalue weighted by Gasteiger charge is -2.31. The third kappa shape index (κ3) is 4.05. The lowest BCUT2D eigenvalue weighted by molar-refractivity contribution is -0.140. The maximum Gasteiger partial charge on any atom is 0.295 e. The van der Waals surface area contributed by atoms with E-state index in [1.807, 2.05) is 0 Å². The second-order valence-electron chi connectivity index (χ2n) is 8.07. The molecule has 1 unspecified atom stereocenters. The Morgan fingerprint density at radius 2 is 1.73 bits per heavy atom. The Bertz CT molecular complexity index is 1110. The summed E-state index contributed by atoms with van der Waals surface area (Å²) in [6.07, 6.45) is 0. The normalized spacial score (nSPS) is 22.2. The number of hydrogen-bond donors (Lipinski definition) is 1. The van der Waals surface area contributed by atoms with Gasteiger partial charge in [-0.2, -0.15) is 0 Å². The number of amides is 1. The van der Waals surface area contributed by atoms with Gasteiger partial charge in [0.05, 0.1) is 24.8 Å². The Hall–Kier alpha value is -3.43. The van der Waals surface area contributed by atoms with Gasteiger partial charge in [-0.1, -0.05) is 12.1 Å². The summed E-state index contributed by atoms with van der Waals surface area (Å²) in [7, 11) is 0. The molecule has 2 aromatic carbocycles. The Labute approximate surface area is 189 Å². The van der Waals surface area contributed by atoms with E-state index in [1.54, 1.807) is 18.2 Å². The van der Waals surface area contributed by atoms with Crippen molar-refractivity contribution < 1.29 is 33.3 Å². The number of likely N-dealkylation sites (tertiary alicyclic amines) is 1. The summed E-state index contributed by atoms with van der Waals surface area (Å²) >= 11 is 0. The standard InChI is InChI=1S/C24H23FN2O6/c25-17-4-1-15(2-5-17)21-20(22(28)16-3-6-18-19(13-16)33-14-32-18)23(29)24(30)27(21)8-7-26-9-11-31-12-10-26/h1-6,13,21,28H,7-12,14H2/b22-20+. The van der Waals surface area contributed by atoms with E-state index in [0.29, 0.717) is 42.4 Å². The van der Waals surface area contributed by atoms with Crippen LogP contribution in [0.25, 0.3) is 5.76 Å². The topological polar surface area (TPSA) is 88.5 Å². The molecule has 5 rings (SSSR count). The fourth-order valence-electron chi connectivity index (χ4n) is 4.38. The number of fused-ring (bicyclic) bond motifs is 1. The van der Waals surface area contributed by atoms with E-state index in [-0.39, 0.29) is 24.7 Å². The molecule has 1 amide bonds. The SMILES string of the molecule is O=C1C(=O)N(CCN2CCOCC2)C(c2ccc(F)cc2)/C1=C(\O)c1ccc2c(c1)OCO2. The quantitative estimate of drug-likeness (QED) is 0.421. The summed E-state index contributed by atoms with van der Waals surface area (Å²) in [6.45, 7) is 3.61. The zero-order valence-electron chi connectivity index (χ0n) is 17.8. The fraction of sp³-hybridized carbons (Fsp3) is 0.333. The number of aliphatic hydroxyl groups excluding tert-OH is 1. The van der Waals surface area contributed by atoms with Crippen LogP contribution >= 0.6 is 0 Å². The predicted molar refractivity (Wildman–Crippen MR) is 115 cm³/mol. The zero-order valence-corrected chi connectivity index (χ0v) is 17.8. The minimum Gasteiger partial charge on any atom is -0.507 e. The van der Waals surface area contributed by atoms with Crippen LogP contribution in [0, 0.1) is 5.82 Å². The number of rotatable bonds is 5. The van der Waals surface area contributed by atoms with Crippen LogP contribution in [0.1, 0.15) is 17.2 Å². The van der Waals surface area contributed by atoms with Crippen LogP contribution in [-0.4, -0.2) is 72.8 Å². The number of carbonyl (C=O) groups excluding carboxylic acids is 2. The van der Waals surface area contributed by atoms with Gasteiger partial charge in [-0.15, -0.1) is 0 Å².